The van der Waals surface area contributed by atoms with E-state index in [2.05, 4.69) is 0 Å². The molecular formula is C6H6O3S2. The monoisotopic (exact) mass is 190 g/mol. The Labute approximate surface area is 72.3 Å². The lowest BCUT2D eigenvalue weighted by Gasteiger charge is -1.92. The summed E-state index contributed by atoms with van der Waals surface area (Å²) in [6, 6.07) is 7.42. The highest BCUT2D eigenvalue weighted by atomic mass is 32.2. The van der Waals surface area contributed by atoms with Crippen LogP contribution in [0.2, 0.25) is 0 Å². The van der Waals surface area contributed by atoms with Crippen molar-refractivity contribution < 1.29 is 13.0 Å². The first kappa shape index (κ1) is 10.5. The summed E-state index contributed by atoms with van der Waals surface area (Å²) in [4.78, 5) is -0.0741. The zero-order chi connectivity index (χ0) is 7.61. The van der Waals surface area contributed by atoms with E-state index in [1.807, 2.05) is 0 Å². The van der Waals surface area contributed by atoms with Crippen LogP contribution in [0.25, 0.3) is 0 Å². The minimum absolute atomic E-state index is 0. The van der Waals surface area contributed by atoms with Crippen LogP contribution in [0.1, 0.15) is 0 Å². The summed E-state index contributed by atoms with van der Waals surface area (Å²) in [5.74, 6) is 0. The van der Waals surface area contributed by atoms with Gasteiger partial charge in [0.05, 0.1) is 4.90 Å². The molecule has 0 saturated heterocycles. The number of benzene rings is 1. The van der Waals surface area contributed by atoms with Crippen molar-refractivity contribution in [2.24, 2.45) is 0 Å². The Morgan fingerprint density at radius 2 is 1.55 bits per heavy atom. The van der Waals surface area contributed by atoms with Gasteiger partial charge in [-0.15, -0.1) is 0 Å². The fourth-order valence-corrected chi connectivity index (χ4v) is 1.09. The van der Waals surface area contributed by atoms with Gasteiger partial charge < -0.3 is 0 Å². The molecule has 0 unspecified atom stereocenters. The van der Waals surface area contributed by atoms with Gasteiger partial charge in [0, 0.05) is 13.5 Å². The molecule has 0 heterocycles. The van der Waals surface area contributed by atoms with Gasteiger partial charge >= 0.3 is 0 Å². The predicted molar refractivity (Wildman–Crippen MR) is 43.8 cm³/mol. The van der Waals surface area contributed by atoms with Gasteiger partial charge in [0.25, 0.3) is 10.1 Å². The average molecular weight is 190 g/mol. The van der Waals surface area contributed by atoms with Crippen molar-refractivity contribution in [1.82, 2.24) is 0 Å². The van der Waals surface area contributed by atoms with Crippen LogP contribution in [0.5, 0.6) is 0 Å². The van der Waals surface area contributed by atoms with E-state index in [-0.39, 0.29) is 18.4 Å². The summed E-state index contributed by atoms with van der Waals surface area (Å²) >= 11 is 0. The first-order valence-electron chi connectivity index (χ1n) is 2.63. The molecule has 0 aliphatic heterocycles. The van der Waals surface area contributed by atoms with Gasteiger partial charge in [-0.1, -0.05) is 18.2 Å². The third kappa shape index (κ3) is 2.92. The van der Waals surface area contributed by atoms with Crippen molar-refractivity contribution in [1.29, 1.82) is 0 Å². The van der Waals surface area contributed by atoms with Crippen LogP contribution in [0.4, 0.5) is 0 Å². The molecule has 1 N–H and O–H groups in total. The van der Waals surface area contributed by atoms with Gasteiger partial charge in [-0.25, -0.2) is 0 Å². The minimum atomic E-state index is -4.00. The van der Waals surface area contributed by atoms with Crippen LogP contribution in [0.15, 0.2) is 35.2 Å². The second kappa shape index (κ2) is 3.75. The van der Waals surface area contributed by atoms with Gasteiger partial charge in [-0.3, -0.25) is 4.55 Å². The van der Waals surface area contributed by atoms with Crippen molar-refractivity contribution in [2.75, 3.05) is 0 Å². The van der Waals surface area contributed by atoms with Gasteiger partial charge in [0.2, 0.25) is 0 Å². The number of rotatable bonds is 1. The van der Waals surface area contributed by atoms with Crippen LogP contribution in [-0.2, 0) is 10.1 Å². The predicted octanol–water partition coefficient (Wildman–Crippen LogP) is 1.58. The molecule has 0 saturated carbocycles. The van der Waals surface area contributed by atoms with E-state index in [4.69, 9.17) is 4.55 Å². The summed E-state index contributed by atoms with van der Waals surface area (Å²) in [5.41, 5.74) is 0. The maximum absolute atomic E-state index is 10.4. The Morgan fingerprint density at radius 1 is 1.09 bits per heavy atom. The van der Waals surface area contributed by atoms with E-state index in [9.17, 15) is 8.42 Å². The summed E-state index contributed by atoms with van der Waals surface area (Å²) in [5, 5.41) is 0. The Balaban J connectivity index is 0.000001000. The molecule has 0 amide bonds. The maximum atomic E-state index is 10.4. The number of hydrogen-bond donors (Lipinski definition) is 1. The Bertz CT molecular complexity index is 304. The molecule has 0 spiro atoms. The van der Waals surface area contributed by atoms with Gasteiger partial charge in [0.1, 0.15) is 0 Å². The highest BCUT2D eigenvalue weighted by Crippen LogP contribution is 2.05. The lowest BCUT2D eigenvalue weighted by molar-refractivity contribution is 0.483. The van der Waals surface area contributed by atoms with E-state index in [1.165, 1.54) is 12.1 Å². The van der Waals surface area contributed by atoms with Crippen molar-refractivity contribution in [2.45, 2.75) is 4.90 Å². The molecule has 0 aliphatic carbocycles. The molecule has 60 valence electrons. The third-order valence-electron chi connectivity index (χ3n) is 1.04. The largest absolute Gasteiger partial charge is 0.294 e. The van der Waals surface area contributed by atoms with E-state index < -0.39 is 10.1 Å². The molecule has 0 fully saturated rings. The normalized spacial score (nSPS) is 10.3. The van der Waals surface area contributed by atoms with Gasteiger partial charge in [0.15, 0.2) is 0 Å². The van der Waals surface area contributed by atoms with Crippen LogP contribution in [0.3, 0.4) is 0 Å². The molecule has 0 bridgehead atoms. The SMILES string of the molecule is O=S(=O)(O)c1ccccc1.[S]. The lowest BCUT2D eigenvalue weighted by atomic mass is 10.4. The molecule has 0 aliphatic rings. The molecule has 5 heteroatoms. The zero-order valence-electron chi connectivity index (χ0n) is 5.47. The van der Waals surface area contributed by atoms with E-state index in [0.29, 0.717) is 0 Å². The van der Waals surface area contributed by atoms with E-state index in [1.54, 1.807) is 18.2 Å². The second-order valence-corrected chi connectivity index (χ2v) is 3.21. The van der Waals surface area contributed by atoms with Crippen molar-refractivity contribution in [3.63, 3.8) is 0 Å². The van der Waals surface area contributed by atoms with Crippen molar-refractivity contribution in [3.05, 3.63) is 30.3 Å². The highest BCUT2D eigenvalue weighted by Gasteiger charge is 2.05. The van der Waals surface area contributed by atoms with Crippen molar-refractivity contribution >= 4 is 23.6 Å². The molecule has 0 aromatic heterocycles. The van der Waals surface area contributed by atoms with Crippen molar-refractivity contribution in [3.8, 4) is 0 Å². The first-order valence-corrected chi connectivity index (χ1v) is 4.07. The molecule has 1 aromatic carbocycles. The summed E-state index contributed by atoms with van der Waals surface area (Å²) < 4.78 is 29.2. The smallest absolute Gasteiger partial charge is 0.282 e. The van der Waals surface area contributed by atoms with Gasteiger partial charge in [-0.05, 0) is 12.1 Å². The average Bonchev–Trinajstić information content (AvgIpc) is 1.88. The second-order valence-electron chi connectivity index (χ2n) is 1.79. The van der Waals surface area contributed by atoms with Crippen LogP contribution < -0.4 is 0 Å². The standard InChI is InChI=1S/C6H6O3S.S/c7-10(8,9)6-4-2-1-3-5-6;/h1-5H,(H,7,8,9);. The maximum Gasteiger partial charge on any atom is 0.294 e. The topological polar surface area (TPSA) is 54.4 Å². The molecule has 2 radical (unpaired) electrons. The lowest BCUT2D eigenvalue weighted by Crippen LogP contribution is -1.96. The van der Waals surface area contributed by atoms with E-state index in [0.717, 1.165) is 0 Å². The summed E-state index contributed by atoms with van der Waals surface area (Å²) in [6.45, 7) is 0. The Kier molecular flexibility index (Phi) is 3.57. The summed E-state index contributed by atoms with van der Waals surface area (Å²) in [6.07, 6.45) is 0. The quantitative estimate of drug-likeness (QED) is 0.684. The minimum Gasteiger partial charge on any atom is -0.282 e. The highest BCUT2D eigenvalue weighted by molar-refractivity contribution is 7.85. The third-order valence-corrected chi connectivity index (χ3v) is 1.91. The molecule has 3 nitrogen and oxygen atoms in total. The van der Waals surface area contributed by atoms with E-state index >= 15 is 0 Å². The zero-order valence-corrected chi connectivity index (χ0v) is 7.10. The fraction of sp³-hybridized carbons (Fsp3) is 0. The molecule has 1 rings (SSSR count). The summed E-state index contributed by atoms with van der Waals surface area (Å²) in [7, 11) is -4.00. The molecular weight excluding hydrogens is 184 g/mol. The molecule has 0 atom stereocenters. The number of hydrogen-bond acceptors (Lipinski definition) is 2. The fourth-order valence-electron chi connectivity index (χ4n) is 0.592. The van der Waals surface area contributed by atoms with Crippen LogP contribution in [-0.4, -0.2) is 13.0 Å². The van der Waals surface area contributed by atoms with Gasteiger partial charge in [-0.2, -0.15) is 8.42 Å². The van der Waals surface area contributed by atoms with Crippen LogP contribution >= 0.6 is 13.5 Å². The Morgan fingerprint density at radius 3 is 1.82 bits per heavy atom. The van der Waals surface area contributed by atoms with Crippen LogP contribution in [0, 0.1) is 0 Å². The molecule has 1 aromatic rings. The Hall–Kier alpha value is -0.520. The molecule has 11 heavy (non-hydrogen) atoms. The first-order chi connectivity index (χ1) is 4.61.